The molecule has 3 saturated heterocycles. The summed E-state index contributed by atoms with van der Waals surface area (Å²) in [5, 5.41) is 3.44. The molecule has 120 valence electrons. The number of hydrogen-bond acceptors (Lipinski definition) is 3. The van der Waals surface area contributed by atoms with Crippen LogP contribution in [0.2, 0.25) is 0 Å². The molecule has 1 amide bonds. The van der Waals surface area contributed by atoms with Crippen LogP contribution >= 0.6 is 0 Å². The van der Waals surface area contributed by atoms with Gasteiger partial charge in [0, 0.05) is 18.6 Å². The number of nitrogens with one attached hydrogen (secondary N) is 1. The van der Waals surface area contributed by atoms with Crippen molar-refractivity contribution >= 4 is 5.91 Å². The Morgan fingerprint density at radius 3 is 2.48 bits per heavy atom. The van der Waals surface area contributed by atoms with E-state index in [1.165, 1.54) is 32.1 Å². The molecule has 21 heavy (non-hydrogen) atoms. The molecule has 0 aromatic heterocycles. The van der Waals surface area contributed by atoms with Gasteiger partial charge in [0.25, 0.3) is 0 Å². The van der Waals surface area contributed by atoms with Crippen LogP contribution < -0.4 is 5.32 Å². The van der Waals surface area contributed by atoms with Gasteiger partial charge in [0.2, 0.25) is 5.91 Å². The number of hydrogen-bond donors (Lipinski definition) is 1. The Kier molecular flexibility index (Phi) is 4.85. The third-order valence-corrected chi connectivity index (χ3v) is 5.71. The van der Waals surface area contributed by atoms with E-state index in [1.54, 1.807) is 0 Å². The molecule has 0 radical (unpaired) electrons. The molecule has 0 spiro atoms. The lowest BCUT2D eigenvalue weighted by Gasteiger charge is -2.38. The maximum Gasteiger partial charge on any atom is 0.240 e. The molecule has 0 aromatic rings. The van der Waals surface area contributed by atoms with E-state index in [0.717, 1.165) is 32.6 Å². The quantitative estimate of drug-likeness (QED) is 0.862. The van der Waals surface area contributed by atoms with Crippen molar-refractivity contribution in [2.75, 3.05) is 26.2 Å². The SMILES string of the molecule is CC(C)C1CCCN1C(=O)C1CCCN1C1CCNCC1. The van der Waals surface area contributed by atoms with Crippen LogP contribution in [-0.4, -0.2) is 60.0 Å². The number of carbonyl (C=O) groups excluding carboxylic acids is 1. The number of amides is 1. The summed E-state index contributed by atoms with van der Waals surface area (Å²) in [6.45, 7) is 8.85. The second-order valence-corrected chi connectivity index (χ2v) is 7.36. The maximum atomic E-state index is 13.1. The third-order valence-electron chi connectivity index (χ3n) is 5.71. The van der Waals surface area contributed by atoms with E-state index in [4.69, 9.17) is 0 Å². The molecular weight excluding hydrogens is 262 g/mol. The van der Waals surface area contributed by atoms with E-state index in [1.807, 2.05) is 0 Å². The maximum absolute atomic E-state index is 13.1. The molecule has 3 aliphatic rings. The summed E-state index contributed by atoms with van der Waals surface area (Å²) >= 11 is 0. The van der Waals surface area contributed by atoms with E-state index in [0.29, 0.717) is 23.9 Å². The molecule has 1 N–H and O–H groups in total. The van der Waals surface area contributed by atoms with Crippen molar-refractivity contribution in [2.45, 2.75) is 70.5 Å². The van der Waals surface area contributed by atoms with Gasteiger partial charge in [-0.05, 0) is 64.1 Å². The average molecular weight is 293 g/mol. The van der Waals surface area contributed by atoms with E-state index in [-0.39, 0.29) is 6.04 Å². The van der Waals surface area contributed by atoms with Crippen LogP contribution in [0.1, 0.15) is 52.4 Å². The number of nitrogens with zero attached hydrogens (tertiary/aromatic N) is 2. The normalized spacial score (nSPS) is 32.2. The molecule has 4 nitrogen and oxygen atoms in total. The summed E-state index contributed by atoms with van der Waals surface area (Å²) in [6, 6.07) is 1.28. The molecule has 0 bridgehead atoms. The first-order valence-electron chi connectivity index (χ1n) is 8.95. The predicted octanol–water partition coefficient (Wildman–Crippen LogP) is 1.85. The molecular formula is C17H31N3O. The van der Waals surface area contributed by atoms with Gasteiger partial charge in [0.15, 0.2) is 0 Å². The third kappa shape index (κ3) is 3.11. The zero-order valence-electron chi connectivity index (χ0n) is 13.7. The molecule has 0 saturated carbocycles. The highest BCUT2D eigenvalue weighted by molar-refractivity contribution is 5.82. The minimum absolute atomic E-state index is 0.174. The number of rotatable bonds is 3. The highest BCUT2D eigenvalue weighted by Crippen LogP contribution is 2.30. The fourth-order valence-electron chi connectivity index (χ4n) is 4.58. The molecule has 0 aliphatic carbocycles. The van der Waals surface area contributed by atoms with Gasteiger partial charge in [-0.2, -0.15) is 0 Å². The first kappa shape index (κ1) is 15.3. The minimum atomic E-state index is 0.174. The Morgan fingerprint density at radius 1 is 1.05 bits per heavy atom. The van der Waals surface area contributed by atoms with Gasteiger partial charge < -0.3 is 10.2 Å². The lowest BCUT2D eigenvalue weighted by molar-refractivity contribution is -0.138. The van der Waals surface area contributed by atoms with Crippen molar-refractivity contribution in [2.24, 2.45) is 5.92 Å². The van der Waals surface area contributed by atoms with Crippen molar-refractivity contribution < 1.29 is 4.79 Å². The first-order valence-corrected chi connectivity index (χ1v) is 8.95. The van der Waals surface area contributed by atoms with Crippen molar-refractivity contribution in [1.82, 2.24) is 15.1 Å². The van der Waals surface area contributed by atoms with Gasteiger partial charge in [-0.3, -0.25) is 9.69 Å². The molecule has 3 aliphatic heterocycles. The Bertz CT molecular complexity index is 365. The summed E-state index contributed by atoms with van der Waals surface area (Å²) in [7, 11) is 0. The lowest BCUT2D eigenvalue weighted by atomic mass is 10.00. The van der Waals surface area contributed by atoms with Crippen LogP contribution in [0.5, 0.6) is 0 Å². The van der Waals surface area contributed by atoms with E-state index >= 15 is 0 Å². The van der Waals surface area contributed by atoms with Gasteiger partial charge in [-0.25, -0.2) is 0 Å². The Labute approximate surface area is 129 Å². The number of piperidine rings is 1. The smallest absolute Gasteiger partial charge is 0.240 e. The molecule has 2 unspecified atom stereocenters. The molecule has 4 heteroatoms. The number of likely N-dealkylation sites (tertiary alicyclic amines) is 2. The Morgan fingerprint density at radius 2 is 1.76 bits per heavy atom. The highest BCUT2D eigenvalue weighted by atomic mass is 16.2. The predicted molar refractivity (Wildman–Crippen MR) is 85.2 cm³/mol. The fourth-order valence-corrected chi connectivity index (χ4v) is 4.58. The average Bonchev–Trinajstić information content (AvgIpc) is 3.16. The summed E-state index contributed by atoms with van der Waals surface area (Å²) in [4.78, 5) is 17.8. The van der Waals surface area contributed by atoms with Crippen LogP contribution in [0.25, 0.3) is 0 Å². The Hall–Kier alpha value is -0.610. The van der Waals surface area contributed by atoms with Gasteiger partial charge in [-0.1, -0.05) is 13.8 Å². The lowest BCUT2D eigenvalue weighted by Crippen LogP contribution is -2.53. The summed E-state index contributed by atoms with van der Waals surface area (Å²) in [6.07, 6.45) is 7.07. The van der Waals surface area contributed by atoms with Crippen molar-refractivity contribution in [3.63, 3.8) is 0 Å². The van der Waals surface area contributed by atoms with Gasteiger partial charge in [-0.15, -0.1) is 0 Å². The zero-order chi connectivity index (χ0) is 14.8. The van der Waals surface area contributed by atoms with Gasteiger partial charge in [0.1, 0.15) is 0 Å². The second-order valence-electron chi connectivity index (χ2n) is 7.36. The molecule has 3 rings (SSSR count). The first-order chi connectivity index (χ1) is 10.2. The van der Waals surface area contributed by atoms with Crippen molar-refractivity contribution in [3.05, 3.63) is 0 Å². The monoisotopic (exact) mass is 293 g/mol. The standard InChI is InChI=1S/C17H31N3O/c1-13(2)15-5-3-12-20(15)17(21)16-6-4-11-19(16)14-7-9-18-10-8-14/h13-16,18H,3-12H2,1-2H3. The highest BCUT2D eigenvalue weighted by Gasteiger charge is 2.41. The van der Waals surface area contributed by atoms with Gasteiger partial charge in [0.05, 0.1) is 6.04 Å². The summed E-state index contributed by atoms with van der Waals surface area (Å²) in [5.74, 6) is 1.02. The largest absolute Gasteiger partial charge is 0.338 e. The topological polar surface area (TPSA) is 35.6 Å². The summed E-state index contributed by atoms with van der Waals surface area (Å²) in [5.41, 5.74) is 0. The minimum Gasteiger partial charge on any atom is -0.338 e. The fraction of sp³-hybridized carbons (Fsp3) is 0.941. The Balaban J connectivity index is 1.67. The molecule has 3 heterocycles. The van der Waals surface area contributed by atoms with Crippen LogP contribution in [0, 0.1) is 5.92 Å². The summed E-state index contributed by atoms with van der Waals surface area (Å²) < 4.78 is 0. The van der Waals surface area contributed by atoms with Crippen LogP contribution in [0.4, 0.5) is 0 Å². The van der Waals surface area contributed by atoms with Crippen LogP contribution in [-0.2, 0) is 4.79 Å². The van der Waals surface area contributed by atoms with Crippen LogP contribution in [0.15, 0.2) is 0 Å². The van der Waals surface area contributed by atoms with E-state index in [9.17, 15) is 4.79 Å². The van der Waals surface area contributed by atoms with E-state index < -0.39 is 0 Å². The zero-order valence-corrected chi connectivity index (χ0v) is 13.7. The molecule has 2 atom stereocenters. The number of carbonyl (C=O) groups is 1. The second kappa shape index (κ2) is 6.66. The van der Waals surface area contributed by atoms with Crippen molar-refractivity contribution in [3.8, 4) is 0 Å². The van der Waals surface area contributed by atoms with Crippen LogP contribution in [0.3, 0.4) is 0 Å². The van der Waals surface area contributed by atoms with E-state index in [2.05, 4.69) is 29.0 Å². The molecule has 3 fully saturated rings. The van der Waals surface area contributed by atoms with Gasteiger partial charge >= 0.3 is 0 Å². The molecule has 0 aromatic carbocycles. The van der Waals surface area contributed by atoms with Crippen molar-refractivity contribution in [1.29, 1.82) is 0 Å².